The van der Waals surface area contributed by atoms with Gasteiger partial charge < -0.3 is 9.80 Å². The van der Waals surface area contributed by atoms with E-state index in [0.717, 1.165) is 19.5 Å². The lowest BCUT2D eigenvalue weighted by Gasteiger charge is -2.37. The summed E-state index contributed by atoms with van der Waals surface area (Å²) < 4.78 is 0. The van der Waals surface area contributed by atoms with Crippen LogP contribution in [-0.4, -0.2) is 54.5 Å². The Balaban J connectivity index is 1.88. The maximum atomic E-state index is 11.6. The van der Waals surface area contributed by atoms with E-state index >= 15 is 0 Å². The highest BCUT2D eigenvalue weighted by atomic mass is 16.2. The topological polar surface area (TPSA) is 52.6 Å². The first kappa shape index (κ1) is 11.4. The molecule has 16 heavy (non-hydrogen) atoms. The van der Waals surface area contributed by atoms with Crippen molar-refractivity contribution in [2.75, 3.05) is 26.7 Å². The van der Waals surface area contributed by atoms with Gasteiger partial charge in [0.15, 0.2) is 0 Å². The van der Waals surface area contributed by atoms with Gasteiger partial charge in [0.25, 0.3) is 0 Å². The van der Waals surface area contributed by atoms with Crippen LogP contribution in [0.4, 0.5) is 4.79 Å². The van der Waals surface area contributed by atoms with Crippen molar-refractivity contribution in [2.45, 2.75) is 31.7 Å². The van der Waals surface area contributed by atoms with Gasteiger partial charge in [-0.2, -0.15) is 0 Å². The molecule has 0 radical (unpaired) electrons. The SMILES string of the molecule is CN1CCCCC1CN1CCC(=O)NC1=O. The van der Waals surface area contributed by atoms with Crippen LogP contribution in [0.5, 0.6) is 0 Å². The van der Waals surface area contributed by atoms with E-state index in [2.05, 4.69) is 17.3 Å². The summed E-state index contributed by atoms with van der Waals surface area (Å²) in [6.07, 6.45) is 4.07. The molecular formula is C11H19N3O2. The lowest BCUT2D eigenvalue weighted by atomic mass is 10.0. The van der Waals surface area contributed by atoms with Crippen molar-refractivity contribution in [1.82, 2.24) is 15.1 Å². The number of amides is 3. The van der Waals surface area contributed by atoms with Crippen LogP contribution in [0.1, 0.15) is 25.7 Å². The molecule has 90 valence electrons. The van der Waals surface area contributed by atoms with E-state index in [-0.39, 0.29) is 11.9 Å². The Morgan fingerprint density at radius 3 is 2.81 bits per heavy atom. The van der Waals surface area contributed by atoms with Gasteiger partial charge in [-0.15, -0.1) is 0 Å². The quantitative estimate of drug-likeness (QED) is 0.740. The van der Waals surface area contributed by atoms with Gasteiger partial charge in [0.2, 0.25) is 5.91 Å². The number of piperidine rings is 1. The first-order valence-electron chi connectivity index (χ1n) is 5.96. The first-order valence-corrected chi connectivity index (χ1v) is 5.96. The zero-order valence-corrected chi connectivity index (χ0v) is 9.74. The zero-order chi connectivity index (χ0) is 11.5. The molecule has 2 aliphatic rings. The number of likely N-dealkylation sites (tertiary alicyclic amines) is 1. The molecule has 0 aromatic rings. The van der Waals surface area contributed by atoms with Crippen molar-refractivity contribution in [3.63, 3.8) is 0 Å². The molecule has 2 heterocycles. The monoisotopic (exact) mass is 225 g/mol. The maximum Gasteiger partial charge on any atom is 0.324 e. The Kier molecular flexibility index (Phi) is 3.43. The molecule has 1 atom stereocenters. The van der Waals surface area contributed by atoms with E-state index in [1.807, 2.05) is 0 Å². The molecule has 0 spiro atoms. The van der Waals surface area contributed by atoms with E-state index in [1.54, 1.807) is 4.90 Å². The second kappa shape index (κ2) is 4.82. The minimum Gasteiger partial charge on any atom is -0.322 e. The second-order valence-electron chi connectivity index (χ2n) is 4.68. The molecule has 2 saturated heterocycles. The number of likely N-dealkylation sites (N-methyl/N-ethyl adjacent to an activating group) is 1. The summed E-state index contributed by atoms with van der Waals surface area (Å²) in [4.78, 5) is 26.6. The Morgan fingerprint density at radius 1 is 1.31 bits per heavy atom. The molecule has 2 rings (SSSR count). The molecule has 2 fully saturated rings. The number of carbonyl (C=O) groups is 2. The minimum absolute atomic E-state index is 0.154. The van der Waals surface area contributed by atoms with Gasteiger partial charge >= 0.3 is 6.03 Å². The molecule has 0 aromatic heterocycles. The van der Waals surface area contributed by atoms with Crippen LogP contribution in [0.25, 0.3) is 0 Å². The number of nitrogens with one attached hydrogen (secondary N) is 1. The van der Waals surface area contributed by atoms with Crippen molar-refractivity contribution in [2.24, 2.45) is 0 Å². The van der Waals surface area contributed by atoms with Gasteiger partial charge in [0.1, 0.15) is 0 Å². The Hall–Kier alpha value is -1.10. The normalized spacial score (nSPS) is 28.1. The zero-order valence-electron chi connectivity index (χ0n) is 9.74. The third-order valence-electron chi connectivity index (χ3n) is 3.49. The van der Waals surface area contributed by atoms with E-state index < -0.39 is 0 Å². The maximum absolute atomic E-state index is 11.6. The molecular weight excluding hydrogens is 206 g/mol. The van der Waals surface area contributed by atoms with E-state index in [0.29, 0.717) is 19.0 Å². The molecule has 1 unspecified atom stereocenters. The smallest absolute Gasteiger partial charge is 0.322 e. The van der Waals surface area contributed by atoms with Crippen LogP contribution in [0.2, 0.25) is 0 Å². The summed E-state index contributed by atoms with van der Waals surface area (Å²) in [5, 5.41) is 2.36. The summed E-state index contributed by atoms with van der Waals surface area (Å²) in [5.41, 5.74) is 0. The summed E-state index contributed by atoms with van der Waals surface area (Å²) in [6.45, 7) is 2.42. The molecule has 0 aromatic carbocycles. The third kappa shape index (κ3) is 2.52. The van der Waals surface area contributed by atoms with Crippen LogP contribution in [0, 0.1) is 0 Å². The van der Waals surface area contributed by atoms with Crippen molar-refractivity contribution in [1.29, 1.82) is 0 Å². The highest BCUT2D eigenvalue weighted by Crippen LogP contribution is 2.16. The molecule has 2 aliphatic heterocycles. The number of rotatable bonds is 2. The molecule has 1 N–H and O–H groups in total. The van der Waals surface area contributed by atoms with Crippen molar-refractivity contribution in [3.8, 4) is 0 Å². The Bertz CT molecular complexity index is 293. The summed E-state index contributed by atoms with van der Waals surface area (Å²) >= 11 is 0. The number of carbonyl (C=O) groups excluding carboxylic acids is 2. The van der Waals surface area contributed by atoms with E-state index in [9.17, 15) is 9.59 Å². The van der Waals surface area contributed by atoms with Crippen LogP contribution >= 0.6 is 0 Å². The number of hydrogen-bond acceptors (Lipinski definition) is 3. The number of hydrogen-bond donors (Lipinski definition) is 1. The second-order valence-corrected chi connectivity index (χ2v) is 4.68. The Morgan fingerprint density at radius 2 is 2.12 bits per heavy atom. The number of nitrogens with zero attached hydrogens (tertiary/aromatic N) is 2. The van der Waals surface area contributed by atoms with Crippen molar-refractivity contribution >= 4 is 11.9 Å². The van der Waals surface area contributed by atoms with E-state index in [4.69, 9.17) is 0 Å². The number of urea groups is 1. The molecule has 3 amide bonds. The standard InChI is InChI=1S/C11H19N3O2/c1-13-6-3-2-4-9(13)8-14-7-5-10(15)12-11(14)16/h9H,2-8H2,1H3,(H,12,15,16). The molecule has 5 nitrogen and oxygen atoms in total. The average molecular weight is 225 g/mol. The fourth-order valence-electron chi connectivity index (χ4n) is 2.40. The molecule has 0 bridgehead atoms. The third-order valence-corrected chi connectivity index (χ3v) is 3.49. The molecule has 0 saturated carbocycles. The van der Waals surface area contributed by atoms with Crippen LogP contribution < -0.4 is 5.32 Å². The fraction of sp³-hybridized carbons (Fsp3) is 0.818. The van der Waals surface area contributed by atoms with Crippen molar-refractivity contribution < 1.29 is 9.59 Å². The predicted molar refractivity (Wildman–Crippen MR) is 60.0 cm³/mol. The van der Waals surface area contributed by atoms with Crippen LogP contribution in [0.15, 0.2) is 0 Å². The Labute approximate surface area is 95.8 Å². The van der Waals surface area contributed by atoms with Gasteiger partial charge in [0, 0.05) is 25.6 Å². The average Bonchev–Trinajstić information content (AvgIpc) is 2.25. The number of imide groups is 1. The highest BCUT2D eigenvalue weighted by Gasteiger charge is 2.27. The van der Waals surface area contributed by atoms with Gasteiger partial charge in [-0.25, -0.2) is 4.79 Å². The lowest BCUT2D eigenvalue weighted by molar-refractivity contribution is -0.121. The minimum atomic E-state index is -0.227. The van der Waals surface area contributed by atoms with Gasteiger partial charge in [-0.1, -0.05) is 6.42 Å². The largest absolute Gasteiger partial charge is 0.324 e. The summed E-state index contributed by atoms with van der Waals surface area (Å²) in [5.74, 6) is -0.154. The lowest BCUT2D eigenvalue weighted by Crippen LogP contribution is -2.54. The first-order chi connectivity index (χ1) is 7.66. The summed E-state index contributed by atoms with van der Waals surface area (Å²) in [7, 11) is 2.11. The van der Waals surface area contributed by atoms with Crippen molar-refractivity contribution in [3.05, 3.63) is 0 Å². The summed E-state index contributed by atoms with van der Waals surface area (Å²) in [6, 6.07) is 0.225. The van der Waals surface area contributed by atoms with Crippen LogP contribution in [0.3, 0.4) is 0 Å². The van der Waals surface area contributed by atoms with Gasteiger partial charge in [-0.05, 0) is 26.4 Å². The van der Waals surface area contributed by atoms with Gasteiger partial charge in [0.05, 0.1) is 0 Å². The van der Waals surface area contributed by atoms with E-state index in [1.165, 1.54) is 12.8 Å². The molecule has 5 heteroatoms. The van der Waals surface area contributed by atoms with Crippen LogP contribution in [-0.2, 0) is 4.79 Å². The highest BCUT2D eigenvalue weighted by molar-refractivity contribution is 5.96. The predicted octanol–water partition coefficient (Wildman–Crippen LogP) is 0.413. The fourth-order valence-corrected chi connectivity index (χ4v) is 2.40. The van der Waals surface area contributed by atoms with Gasteiger partial charge in [-0.3, -0.25) is 10.1 Å². The molecule has 0 aliphatic carbocycles.